The third-order valence-corrected chi connectivity index (χ3v) is 6.27. The van der Waals surface area contributed by atoms with Gasteiger partial charge in [0.1, 0.15) is 11.4 Å². The number of hydrogen-bond donors (Lipinski definition) is 2. The summed E-state index contributed by atoms with van der Waals surface area (Å²) >= 11 is 4.63. The summed E-state index contributed by atoms with van der Waals surface area (Å²) < 4.78 is 28.0. The van der Waals surface area contributed by atoms with Crippen molar-refractivity contribution in [3.05, 3.63) is 38.6 Å². The number of hydrogen-bond acceptors (Lipinski definition) is 7. The van der Waals surface area contributed by atoms with Gasteiger partial charge in [0.05, 0.1) is 4.90 Å². The van der Waals surface area contributed by atoms with Crippen molar-refractivity contribution in [2.24, 2.45) is 0 Å². The summed E-state index contributed by atoms with van der Waals surface area (Å²) in [4.78, 5) is 8.56. The topological polar surface area (TPSA) is 98.0 Å². The smallest absolute Gasteiger partial charge is 0.263 e. The SMILES string of the molecule is Nc1nc(-c2csc(NS(=O)(=O)c3ccc(I)cc3)n2)cs1. The first-order valence-corrected chi connectivity index (χ1v) is 10.2. The molecule has 3 rings (SSSR count). The van der Waals surface area contributed by atoms with Crippen LogP contribution < -0.4 is 10.5 Å². The van der Waals surface area contributed by atoms with E-state index in [-0.39, 0.29) is 4.90 Å². The monoisotopic (exact) mass is 464 g/mol. The number of nitrogens with zero attached hydrogens (tertiary/aromatic N) is 2. The van der Waals surface area contributed by atoms with E-state index < -0.39 is 10.0 Å². The first-order valence-electron chi connectivity index (χ1n) is 5.89. The molecule has 0 saturated heterocycles. The van der Waals surface area contributed by atoms with Crippen LogP contribution in [0.25, 0.3) is 11.4 Å². The van der Waals surface area contributed by atoms with Gasteiger partial charge in [-0.25, -0.2) is 18.4 Å². The summed E-state index contributed by atoms with van der Waals surface area (Å²) in [6, 6.07) is 6.58. The number of anilines is 2. The number of rotatable bonds is 4. The molecule has 22 heavy (non-hydrogen) atoms. The normalized spacial score (nSPS) is 11.5. The maximum absolute atomic E-state index is 12.3. The van der Waals surface area contributed by atoms with Gasteiger partial charge in [-0.3, -0.25) is 4.72 Å². The number of thiazole rings is 2. The second-order valence-corrected chi connectivity index (χ2v) is 8.84. The van der Waals surface area contributed by atoms with Gasteiger partial charge in [0.15, 0.2) is 10.3 Å². The molecule has 0 saturated carbocycles. The van der Waals surface area contributed by atoms with Gasteiger partial charge < -0.3 is 5.73 Å². The van der Waals surface area contributed by atoms with E-state index in [2.05, 4.69) is 37.3 Å². The van der Waals surface area contributed by atoms with Crippen LogP contribution in [-0.4, -0.2) is 18.4 Å². The zero-order valence-electron chi connectivity index (χ0n) is 10.9. The molecule has 3 N–H and O–H groups in total. The largest absolute Gasteiger partial charge is 0.375 e. The highest BCUT2D eigenvalue weighted by atomic mass is 127. The molecule has 0 unspecified atom stereocenters. The van der Waals surface area contributed by atoms with Crippen molar-refractivity contribution in [3.63, 3.8) is 0 Å². The Balaban J connectivity index is 1.84. The van der Waals surface area contributed by atoms with E-state index in [9.17, 15) is 8.42 Å². The minimum Gasteiger partial charge on any atom is -0.375 e. The highest BCUT2D eigenvalue weighted by Crippen LogP contribution is 2.28. The molecule has 0 bridgehead atoms. The predicted octanol–water partition coefficient (Wildman–Crippen LogP) is 3.25. The Morgan fingerprint density at radius 3 is 2.32 bits per heavy atom. The van der Waals surface area contributed by atoms with Crippen molar-refractivity contribution >= 4 is 65.6 Å². The quantitative estimate of drug-likeness (QED) is 0.578. The summed E-state index contributed by atoms with van der Waals surface area (Å²) in [6.45, 7) is 0. The second-order valence-electron chi connectivity index (χ2n) is 4.17. The fraction of sp³-hybridized carbons (Fsp3) is 0. The zero-order valence-corrected chi connectivity index (χ0v) is 15.5. The lowest BCUT2D eigenvalue weighted by atomic mass is 10.4. The molecule has 114 valence electrons. The van der Waals surface area contributed by atoms with E-state index >= 15 is 0 Å². The summed E-state index contributed by atoms with van der Waals surface area (Å²) in [5.41, 5.74) is 6.82. The molecule has 2 aromatic heterocycles. The Morgan fingerprint density at radius 1 is 1.05 bits per heavy atom. The van der Waals surface area contributed by atoms with E-state index in [1.165, 1.54) is 22.7 Å². The highest BCUT2D eigenvalue weighted by molar-refractivity contribution is 14.1. The van der Waals surface area contributed by atoms with Crippen molar-refractivity contribution in [1.29, 1.82) is 0 Å². The van der Waals surface area contributed by atoms with Crippen LogP contribution >= 0.6 is 45.3 Å². The van der Waals surface area contributed by atoms with Crippen LogP contribution in [0, 0.1) is 3.57 Å². The van der Waals surface area contributed by atoms with Gasteiger partial charge >= 0.3 is 0 Å². The lowest BCUT2D eigenvalue weighted by molar-refractivity contribution is 0.601. The molecule has 0 aliphatic heterocycles. The van der Waals surface area contributed by atoms with Crippen LogP contribution in [0.15, 0.2) is 39.9 Å². The number of nitrogens with one attached hydrogen (secondary N) is 1. The Kier molecular flexibility index (Phi) is 4.34. The van der Waals surface area contributed by atoms with E-state index in [4.69, 9.17) is 5.73 Å². The molecule has 6 nitrogen and oxygen atoms in total. The molecular weight excluding hydrogens is 455 g/mol. The molecule has 0 fully saturated rings. The van der Waals surface area contributed by atoms with Crippen molar-refractivity contribution in [2.75, 3.05) is 10.5 Å². The minimum absolute atomic E-state index is 0.197. The molecule has 1 aromatic carbocycles. The minimum atomic E-state index is -3.64. The van der Waals surface area contributed by atoms with Crippen molar-refractivity contribution in [3.8, 4) is 11.4 Å². The van der Waals surface area contributed by atoms with Crippen LogP contribution in [0.1, 0.15) is 0 Å². The first kappa shape index (κ1) is 15.6. The van der Waals surface area contributed by atoms with E-state index in [0.29, 0.717) is 21.7 Å². The lowest BCUT2D eigenvalue weighted by Crippen LogP contribution is -2.12. The maximum atomic E-state index is 12.3. The molecule has 0 radical (unpaired) electrons. The van der Waals surface area contributed by atoms with Crippen LogP contribution in [0.2, 0.25) is 0 Å². The van der Waals surface area contributed by atoms with Gasteiger partial charge in [-0.05, 0) is 46.9 Å². The molecule has 2 heterocycles. The van der Waals surface area contributed by atoms with Crippen molar-refractivity contribution < 1.29 is 8.42 Å². The summed E-state index contributed by atoms with van der Waals surface area (Å²) in [5.74, 6) is 0. The number of benzene rings is 1. The van der Waals surface area contributed by atoms with Crippen LogP contribution in [0.4, 0.5) is 10.3 Å². The number of aromatic nitrogens is 2. The first-order chi connectivity index (χ1) is 10.4. The van der Waals surface area contributed by atoms with Crippen LogP contribution in [0.5, 0.6) is 0 Å². The van der Waals surface area contributed by atoms with Gasteiger partial charge in [0.2, 0.25) is 0 Å². The third-order valence-electron chi connectivity index (χ3n) is 2.63. The average Bonchev–Trinajstić information content (AvgIpc) is 3.08. The van der Waals surface area contributed by atoms with Gasteiger partial charge in [-0.15, -0.1) is 22.7 Å². The van der Waals surface area contributed by atoms with Crippen LogP contribution in [-0.2, 0) is 10.0 Å². The van der Waals surface area contributed by atoms with E-state index in [1.54, 1.807) is 35.0 Å². The van der Waals surface area contributed by atoms with Gasteiger partial charge in [0, 0.05) is 14.3 Å². The number of nitrogens with two attached hydrogens (primary N) is 1. The number of sulfonamides is 1. The summed E-state index contributed by atoms with van der Waals surface area (Å²) in [6.07, 6.45) is 0. The fourth-order valence-corrected chi connectivity index (χ4v) is 4.50. The van der Waals surface area contributed by atoms with Crippen LogP contribution in [0.3, 0.4) is 0 Å². The molecule has 10 heteroatoms. The van der Waals surface area contributed by atoms with Gasteiger partial charge in [-0.2, -0.15) is 0 Å². The molecule has 0 atom stereocenters. The van der Waals surface area contributed by atoms with Gasteiger partial charge in [0.25, 0.3) is 10.0 Å². The number of halogens is 1. The molecule has 0 aliphatic rings. The van der Waals surface area contributed by atoms with E-state index in [0.717, 1.165) is 3.57 Å². The molecular formula is C12H9IN4O2S3. The van der Waals surface area contributed by atoms with Gasteiger partial charge in [-0.1, -0.05) is 0 Å². The molecule has 0 amide bonds. The lowest BCUT2D eigenvalue weighted by Gasteiger charge is -2.04. The summed E-state index contributed by atoms with van der Waals surface area (Å²) in [5, 5.41) is 4.26. The molecule has 0 spiro atoms. The Hall–Kier alpha value is -1.24. The maximum Gasteiger partial charge on any atom is 0.263 e. The average molecular weight is 464 g/mol. The van der Waals surface area contributed by atoms with Crippen molar-refractivity contribution in [1.82, 2.24) is 9.97 Å². The predicted molar refractivity (Wildman–Crippen MR) is 97.6 cm³/mol. The Labute approximate surface area is 148 Å². The Bertz CT molecular complexity index is 903. The highest BCUT2D eigenvalue weighted by Gasteiger charge is 2.17. The van der Waals surface area contributed by atoms with E-state index in [1.807, 2.05) is 0 Å². The molecule has 0 aliphatic carbocycles. The van der Waals surface area contributed by atoms with Crippen molar-refractivity contribution in [2.45, 2.75) is 4.90 Å². The second kappa shape index (κ2) is 6.10. The molecule has 3 aromatic rings. The fourth-order valence-electron chi connectivity index (χ4n) is 1.63. The Morgan fingerprint density at radius 2 is 1.68 bits per heavy atom. The summed E-state index contributed by atoms with van der Waals surface area (Å²) in [7, 11) is -3.64. The standard InChI is InChI=1S/C12H9IN4O2S3/c13-7-1-3-8(4-2-7)22(18,19)17-12-16-10(6-21-12)9-5-20-11(14)15-9/h1-6H,(H2,14,15)(H,16,17). The zero-order chi connectivity index (χ0) is 15.7. The number of nitrogen functional groups attached to an aromatic ring is 1. The third kappa shape index (κ3) is 3.39.